The smallest absolute Gasteiger partial charge is 0.322 e. The Balaban J connectivity index is 2.48. The van der Waals surface area contributed by atoms with Crippen molar-refractivity contribution in [2.75, 3.05) is 13.1 Å². The van der Waals surface area contributed by atoms with Gasteiger partial charge in [0.1, 0.15) is 6.54 Å². The molecule has 0 bridgehead atoms. The number of aryl methyl sites for hydroxylation is 2. The number of hydrogen-bond acceptors (Lipinski definition) is 4. The summed E-state index contributed by atoms with van der Waals surface area (Å²) in [7, 11) is 0. The second kappa shape index (κ2) is 7.64. The van der Waals surface area contributed by atoms with Gasteiger partial charge in [0.05, 0.1) is 11.4 Å². The first kappa shape index (κ1) is 16.2. The van der Waals surface area contributed by atoms with Gasteiger partial charge in [0, 0.05) is 4.88 Å². The third-order valence-electron chi connectivity index (χ3n) is 2.61. The van der Waals surface area contributed by atoms with Crippen LogP contribution in [0.15, 0.2) is 6.07 Å². The number of carboxylic acid groups (broad SMARTS) is 1. The number of thiophene rings is 1. The molecule has 6 nitrogen and oxygen atoms in total. The zero-order valence-corrected chi connectivity index (χ0v) is 12.3. The molecule has 0 fully saturated rings. The van der Waals surface area contributed by atoms with Crippen molar-refractivity contribution in [1.29, 1.82) is 0 Å². The highest BCUT2D eigenvalue weighted by Gasteiger charge is 2.13. The van der Waals surface area contributed by atoms with Crippen LogP contribution in [0.2, 0.25) is 0 Å². The van der Waals surface area contributed by atoms with Crippen LogP contribution in [0, 0.1) is 6.92 Å². The van der Waals surface area contributed by atoms with Crippen LogP contribution in [0.5, 0.6) is 0 Å². The molecule has 1 rings (SSSR count). The predicted octanol–water partition coefficient (Wildman–Crippen LogP) is 0.940. The molecular formula is C13H18N2O4S. The first-order valence-electron chi connectivity index (χ1n) is 6.30. The molecule has 1 heterocycles. The summed E-state index contributed by atoms with van der Waals surface area (Å²) < 4.78 is 0. The molecule has 1 aromatic heterocycles. The molecule has 0 aromatic carbocycles. The normalized spacial score (nSPS) is 10.1. The minimum Gasteiger partial charge on any atom is -0.480 e. The van der Waals surface area contributed by atoms with Gasteiger partial charge >= 0.3 is 5.97 Å². The fourth-order valence-electron chi connectivity index (χ4n) is 1.63. The van der Waals surface area contributed by atoms with Gasteiger partial charge in [0.15, 0.2) is 0 Å². The van der Waals surface area contributed by atoms with Crippen LogP contribution in [-0.4, -0.2) is 36.0 Å². The molecule has 0 aliphatic rings. The zero-order chi connectivity index (χ0) is 15.1. The Morgan fingerprint density at radius 3 is 2.55 bits per heavy atom. The van der Waals surface area contributed by atoms with Crippen LogP contribution >= 0.6 is 11.3 Å². The maximum Gasteiger partial charge on any atom is 0.322 e. The van der Waals surface area contributed by atoms with Gasteiger partial charge in [-0.15, -0.1) is 11.3 Å². The van der Waals surface area contributed by atoms with E-state index in [1.807, 2.05) is 13.0 Å². The molecule has 0 saturated carbocycles. The number of carboxylic acids is 1. The molecule has 0 spiro atoms. The molecule has 0 atom stereocenters. The second-order valence-electron chi connectivity index (χ2n) is 4.30. The number of aliphatic carboxylic acids is 1. The van der Waals surface area contributed by atoms with Crippen molar-refractivity contribution in [2.24, 2.45) is 0 Å². The maximum absolute atomic E-state index is 11.9. The van der Waals surface area contributed by atoms with E-state index in [0.29, 0.717) is 4.88 Å². The quantitative estimate of drug-likeness (QED) is 0.698. The van der Waals surface area contributed by atoms with Gasteiger partial charge in [-0.2, -0.15) is 0 Å². The van der Waals surface area contributed by atoms with Crippen molar-refractivity contribution in [3.8, 4) is 0 Å². The fourth-order valence-corrected chi connectivity index (χ4v) is 2.62. The molecule has 0 saturated heterocycles. The largest absolute Gasteiger partial charge is 0.480 e. The summed E-state index contributed by atoms with van der Waals surface area (Å²) in [6.07, 6.45) is 1.94. The minimum atomic E-state index is -1.12. The highest BCUT2D eigenvalue weighted by atomic mass is 32.1. The van der Waals surface area contributed by atoms with Gasteiger partial charge < -0.3 is 15.7 Å². The Kier molecular flexibility index (Phi) is 6.17. The molecule has 0 unspecified atom stereocenters. The van der Waals surface area contributed by atoms with Crippen molar-refractivity contribution in [3.05, 3.63) is 21.4 Å². The van der Waals surface area contributed by atoms with E-state index in [2.05, 4.69) is 17.6 Å². The van der Waals surface area contributed by atoms with Crippen LogP contribution in [0.1, 0.15) is 33.5 Å². The van der Waals surface area contributed by atoms with Crippen molar-refractivity contribution >= 4 is 29.1 Å². The highest BCUT2D eigenvalue weighted by molar-refractivity contribution is 7.14. The van der Waals surface area contributed by atoms with Crippen molar-refractivity contribution < 1.29 is 19.5 Å². The van der Waals surface area contributed by atoms with E-state index in [9.17, 15) is 14.4 Å². The lowest BCUT2D eigenvalue weighted by Crippen LogP contribution is -2.38. The number of rotatable bonds is 7. The SMILES string of the molecule is CCCc1cc(C(=O)NCC(=O)NCC(=O)O)sc1C. The average molecular weight is 298 g/mol. The first-order valence-corrected chi connectivity index (χ1v) is 7.11. The Hall–Kier alpha value is -1.89. The molecular weight excluding hydrogens is 280 g/mol. The Bertz CT molecular complexity index is 510. The summed E-state index contributed by atoms with van der Waals surface area (Å²) in [5.74, 6) is -1.96. The van der Waals surface area contributed by atoms with E-state index in [4.69, 9.17) is 5.11 Å². The van der Waals surface area contributed by atoms with Gasteiger partial charge in [-0.25, -0.2) is 0 Å². The molecule has 0 radical (unpaired) electrons. The van der Waals surface area contributed by atoms with Crippen LogP contribution < -0.4 is 10.6 Å². The monoisotopic (exact) mass is 298 g/mol. The molecule has 0 aliphatic carbocycles. The zero-order valence-electron chi connectivity index (χ0n) is 11.5. The summed E-state index contributed by atoms with van der Waals surface area (Å²) in [5.41, 5.74) is 1.15. The Morgan fingerprint density at radius 2 is 1.95 bits per heavy atom. The minimum absolute atomic E-state index is 0.230. The van der Waals surface area contributed by atoms with Crippen molar-refractivity contribution in [3.63, 3.8) is 0 Å². The summed E-state index contributed by atoms with van der Waals surface area (Å²) in [5, 5.41) is 13.0. The number of carbonyl (C=O) groups excluding carboxylic acids is 2. The second-order valence-corrected chi connectivity index (χ2v) is 5.55. The van der Waals surface area contributed by atoms with E-state index in [0.717, 1.165) is 23.3 Å². The van der Waals surface area contributed by atoms with E-state index in [1.54, 1.807) is 0 Å². The van der Waals surface area contributed by atoms with Gasteiger partial charge in [0.2, 0.25) is 5.91 Å². The van der Waals surface area contributed by atoms with Gasteiger partial charge in [-0.3, -0.25) is 14.4 Å². The fraction of sp³-hybridized carbons (Fsp3) is 0.462. The van der Waals surface area contributed by atoms with Crippen LogP contribution in [0.25, 0.3) is 0 Å². The van der Waals surface area contributed by atoms with Crippen LogP contribution in [0.4, 0.5) is 0 Å². The third kappa shape index (κ3) is 5.00. The van der Waals surface area contributed by atoms with Gasteiger partial charge in [-0.1, -0.05) is 13.3 Å². The van der Waals surface area contributed by atoms with E-state index >= 15 is 0 Å². The molecule has 110 valence electrons. The molecule has 2 amide bonds. The average Bonchev–Trinajstić information content (AvgIpc) is 2.75. The molecule has 7 heteroatoms. The van der Waals surface area contributed by atoms with Crippen LogP contribution in [0.3, 0.4) is 0 Å². The van der Waals surface area contributed by atoms with E-state index in [1.165, 1.54) is 11.3 Å². The third-order valence-corrected chi connectivity index (χ3v) is 3.70. The van der Waals surface area contributed by atoms with E-state index in [-0.39, 0.29) is 12.5 Å². The standard InChI is InChI=1S/C13H18N2O4S/c1-3-4-9-5-10(20-8(9)2)13(19)15-6-11(16)14-7-12(17)18/h5H,3-4,6-7H2,1-2H3,(H,14,16)(H,15,19)(H,17,18). The summed E-state index contributed by atoms with van der Waals surface area (Å²) in [6, 6.07) is 1.84. The number of nitrogens with one attached hydrogen (secondary N) is 2. The molecule has 3 N–H and O–H groups in total. The lowest BCUT2D eigenvalue weighted by atomic mass is 10.1. The lowest BCUT2D eigenvalue weighted by Gasteiger charge is -2.03. The Morgan fingerprint density at radius 1 is 1.25 bits per heavy atom. The first-order chi connectivity index (χ1) is 9.43. The molecule has 20 heavy (non-hydrogen) atoms. The Labute approximate surface area is 121 Å². The summed E-state index contributed by atoms with van der Waals surface area (Å²) >= 11 is 1.39. The molecule has 0 aliphatic heterocycles. The predicted molar refractivity (Wildman–Crippen MR) is 76.0 cm³/mol. The summed E-state index contributed by atoms with van der Waals surface area (Å²) in [4.78, 5) is 35.1. The highest BCUT2D eigenvalue weighted by Crippen LogP contribution is 2.22. The molecule has 1 aromatic rings. The number of carbonyl (C=O) groups is 3. The lowest BCUT2D eigenvalue weighted by molar-refractivity contribution is -0.137. The van der Waals surface area contributed by atoms with Crippen molar-refractivity contribution in [1.82, 2.24) is 10.6 Å². The van der Waals surface area contributed by atoms with Crippen molar-refractivity contribution in [2.45, 2.75) is 26.7 Å². The maximum atomic E-state index is 11.9. The number of hydrogen-bond donors (Lipinski definition) is 3. The number of amides is 2. The summed E-state index contributed by atoms with van der Waals surface area (Å²) in [6.45, 7) is 3.36. The topological polar surface area (TPSA) is 95.5 Å². The van der Waals surface area contributed by atoms with Gasteiger partial charge in [0.25, 0.3) is 5.91 Å². The van der Waals surface area contributed by atoms with E-state index < -0.39 is 18.4 Å². The van der Waals surface area contributed by atoms with Gasteiger partial charge in [-0.05, 0) is 25.0 Å². The van der Waals surface area contributed by atoms with Crippen LogP contribution in [-0.2, 0) is 16.0 Å².